The van der Waals surface area contributed by atoms with Crippen LogP contribution in [-0.2, 0) is 40.3 Å². The Hall–Kier alpha value is -2.95. The number of likely N-dealkylation sites (N-methyl/N-ethyl adjacent to an activating group) is 1. The van der Waals surface area contributed by atoms with Crippen LogP contribution in [0.25, 0.3) is 10.9 Å². The molecule has 4 N–H and O–H groups in total. The van der Waals surface area contributed by atoms with Crippen LogP contribution < -0.4 is 4.90 Å². The molecule has 2 unspecified atom stereocenters. The number of amides is 1. The van der Waals surface area contributed by atoms with Crippen LogP contribution in [0.2, 0.25) is 0 Å². The van der Waals surface area contributed by atoms with Crippen molar-refractivity contribution in [3.63, 3.8) is 0 Å². The zero-order valence-electron chi connectivity index (χ0n) is 18.4. The predicted octanol–water partition coefficient (Wildman–Crippen LogP) is 0.436. The quantitative estimate of drug-likeness (QED) is 0.517. The van der Waals surface area contributed by atoms with Crippen LogP contribution in [0.4, 0.5) is 5.69 Å². The van der Waals surface area contributed by atoms with Gasteiger partial charge in [0.1, 0.15) is 6.54 Å². The molecule has 4 rings (SSSR count). The van der Waals surface area contributed by atoms with Crippen molar-refractivity contribution in [1.82, 2.24) is 9.47 Å². The second-order valence-electron chi connectivity index (χ2n) is 8.44. The number of carboxylic acids is 2. The highest BCUT2D eigenvalue weighted by atomic mass is 16.4. The van der Waals surface area contributed by atoms with Crippen molar-refractivity contribution in [3.05, 3.63) is 29.0 Å². The number of hydrogen-bond donors (Lipinski definition) is 4. The molecule has 1 aromatic carbocycles. The van der Waals surface area contributed by atoms with E-state index in [0.29, 0.717) is 6.54 Å². The first-order valence-electron chi connectivity index (χ1n) is 10.4. The highest BCUT2D eigenvalue weighted by Gasteiger charge is 2.31. The molecule has 2 aliphatic rings. The Balaban J connectivity index is 0.000000247. The van der Waals surface area contributed by atoms with Crippen molar-refractivity contribution < 1.29 is 34.8 Å². The molecule has 2 atom stereocenters. The van der Waals surface area contributed by atoms with Gasteiger partial charge in [0.25, 0.3) is 0 Å². The van der Waals surface area contributed by atoms with E-state index in [1.807, 2.05) is 11.9 Å². The third-order valence-corrected chi connectivity index (χ3v) is 5.90. The summed E-state index contributed by atoms with van der Waals surface area (Å²) < 4.78 is 2.31. The first kappa shape index (κ1) is 23.7. The van der Waals surface area contributed by atoms with Crippen molar-refractivity contribution >= 4 is 34.4 Å². The van der Waals surface area contributed by atoms with Gasteiger partial charge in [-0.25, -0.2) is 9.59 Å². The van der Waals surface area contributed by atoms with Crippen molar-refractivity contribution in [1.29, 1.82) is 0 Å². The molecule has 2 heterocycles. The maximum Gasteiger partial charge on any atom is 0.335 e. The molecule has 10 nitrogen and oxygen atoms in total. The molecular weight excluding hydrogens is 418 g/mol. The monoisotopic (exact) mass is 447 g/mol. The lowest BCUT2D eigenvalue weighted by Gasteiger charge is -2.27. The number of aromatic nitrogens is 1. The van der Waals surface area contributed by atoms with Crippen molar-refractivity contribution in [2.75, 3.05) is 26.0 Å². The second kappa shape index (κ2) is 9.27. The fraction of sp³-hybridized carbons (Fsp3) is 0.500. The lowest BCUT2D eigenvalue weighted by atomic mass is 9.93. The summed E-state index contributed by atoms with van der Waals surface area (Å²) in [6.45, 7) is 1.45. The van der Waals surface area contributed by atoms with E-state index < -0.39 is 24.1 Å². The lowest BCUT2D eigenvalue weighted by molar-refractivity contribution is -0.165. The van der Waals surface area contributed by atoms with Gasteiger partial charge in [0.2, 0.25) is 5.91 Å². The molecule has 10 heteroatoms. The number of anilines is 1. The molecule has 0 saturated heterocycles. The van der Waals surface area contributed by atoms with Crippen LogP contribution >= 0.6 is 0 Å². The number of hydrogen-bond acceptors (Lipinski definition) is 6. The zero-order chi connectivity index (χ0) is 23.7. The summed E-state index contributed by atoms with van der Waals surface area (Å²) in [4.78, 5) is 35.9. The summed E-state index contributed by atoms with van der Waals surface area (Å²) in [7, 11) is 6.13. The van der Waals surface area contributed by atoms with E-state index in [1.54, 1.807) is 0 Å². The molecule has 1 aliphatic carbocycles. The predicted molar refractivity (Wildman–Crippen MR) is 117 cm³/mol. The average molecular weight is 447 g/mol. The normalized spacial score (nSPS) is 16.9. The van der Waals surface area contributed by atoms with Crippen molar-refractivity contribution in [2.45, 2.75) is 51.0 Å². The number of aliphatic carboxylic acids is 2. The first-order valence-corrected chi connectivity index (χ1v) is 10.4. The number of aliphatic hydroxyl groups excluding tert-OH is 2. The molecule has 0 bridgehead atoms. The van der Waals surface area contributed by atoms with Gasteiger partial charge in [-0.1, -0.05) is 6.07 Å². The molecule has 2 aromatic rings. The van der Waals surface area contributed by atoms with E-state index in [0.717, 1.165) is 25.1 Å². The Kier molecular flexibility index (Phi) is 6.87. The average Bonchev–Trinajstić information content (AvgIpc) is 3.07. The van der Waals surface area contributed by atoms with Gasteiger partial charge >= 0.3 is 11.9 Å². The van der Waals surface area contributed by atoms with E-state index >= 15 is 0 Å². The minimum absolute atomic E-state index is 0.193. The van der Waals surface area contributed by atoms with Gasteiger partial charge in [-0.15, -0.1) is 0 Å². The van der Waals surface area contributed by atoms with Gasteiger partial charge in [-0.3, -0.25) is 4.79 Å². The Morgan fingerprint density at radius 1 is 1.06 bits per heavy atom. The number of nitrogens with zero attached hydrogens (tertiary/aromatic N) is 3. The summed E-state index contributed by atoms with van der Waals surface area (Å²) >= 11 is 0. The number of carbonyl (C=O) groups excluding carboxylic acids is 1. The molecule has 1 aliphatic heterocycles. The Bertz CT molecular complexity index is 1040. The Morgan fingerprint density at radius 3 is 2.22 bits per heavy atom. The van der Waals surface area contributed by atoms with Crippen LogP contribution in [0.15, 0.2) is 12.1 Å². The molecular formula is C22H29N3O7. The first-order chi connectivity index (χ1) is 15.0. The zero-order valence-corrected chi connectivity index (χ0v) is 18.4. The number of carbonyl (C=O) groups is 3. The van der Waals surface area contributed by atoms with Crippen molar-refractivity contribution in [3.8, 4) is 0 Å². The molecule has 0 radical (unpaired) electrons. The lowest BCUT2D eigenvalue weighted by Crippen LogP contribution is -2.39. The van der Waals surface area contributed by atoms with Crippen molar-refractivity contribution in [2.24, 2.45) is 0 Å². The minimum Gasteiger partial charge on any atom is -0.479 e. The third kappa shape index (κ3) is 4.34. The second-order valence-corrected chi connectivity index (χ2v) is 8.44. The SMILES string of the molecule is CN(C)Cc1ccc2c3c1c1c(n3CC(=O)N2C)CCCC1.O=C(O)C(O)C(O)C(=O)O. The van der Waals surface area contributed by atoms with E-state index in [-0.39, 0.29) is 5.91 Å². The highest BCUT2D eigenvalue weighted by molar-refractivity contribution is 6.08. The van der Waals surface area contributed by atoms with Gasteiger partial charge in [0, 0.05) is 24.7 Å². The standard InChI is InChI=1S/C18H23N3O.C4H6O6/c1-19(2)10-12-8-9-15-18-17(12)13-6-4-5-7-14(13)21(18)11-16(22)20(15)3;5-1(3(7)8)2(6)4(9)10/h8-9H,4-7,10-11H2,1-3H3;1-2,5-6H,(H,7,8)(H,9,10). The smallest absolute Gasteiger partial charge is 0.335 e. The van der Waals surface area contributed by atoms with Crippen LogP contribution in [0.3, 0.4) is 0 Å². The van der Waals surface area contributed by atoms with E-state index in [2.05, 4.69) is 35.7 Å². The Morgan fingerprint density at radius 2 is 1.66 bits per heavy atom. The van der Waals surface area contributed by atoms with E-state index in [1.165, 1.54) is 40.6 Å². The minimum atomic E-state index is -2.27. The van der Waals surface area contributed by atoms with Gasteiger partial charge < -0.3 is 34.8 Å². The number of carboxylic acid groups (broad SMARTS) is 2. The largest absolute Gasteiger partial charge is 0.479 e. The summed E-state index contributed by atoms with van der Waals surface area (Å²) in [5.41, 5.74) is 6.66. The Labute approximate surface area is 185 Å². The van der Waals surface area contributed by atoms with Gasteiger partial charge in [0.15, 0.2) is 12.2 Å². The topological polar surface area (TPSA) is 144 Å². The number of aryl methyl sites for hydroxylation is 1. The summed E-state index contributed by atoms with van der Waals surface area (Å²) in [6.07, 6.45) is 0.241. The number of fused-ring (bicyclic) bond motifs is 3. The maximum absolute atomic E-state index is 12.3. The van der Waals surface area contributed by atoms with Crippen LogP contribution in [0.5, 0.6) is 0 Å². The van der Waals surface area contributed by atoms with Gasteiger partial charge in [-0.05, 0) is 57.0 Å². The molecule has 32 heavy (non-hydrogen) atoms. The molecule has 0 saturated carbocycles. The van der Waals surface area contributed by atoms with E-state index in [4.69, 9.17) is 20.4 Å². The van der Waals surface area contributed by atoms with Gasteiger partial charge in [-0.2, -0.15) is 0 Å². The summed E-state index contributed by atoms with van der Waals surface area (Å²) in [6, 6.07) is 4.34. The van der Waals surface area contributed by atoms with E-state index in [9.17, 15) is 14.4 Å². The molecule has 0 spiro atoms. The fourth-order valence-corrected chi connectivity index (χ4v) is 4.39. The fourth-order valence-electron chi connectivity index (χ4n) is 4.39. The van der Waals surface area contributed by atoms with Crippen LogP contribution in [0.1, 0.15) is 29.7 Å². The molecule has 0 fully saturated rings. The molecule has 1 aromatic heterocycles. The maximum atomic E-state index is 12.3. The van der Waals surface area contributed by atoms with Crippen LogP contribution in [0, 0.1) is 0 Å². The summed E-state index contributed by atoms with van der Waals surface area (Å²) in [5.74, 6) is -3.34. The van der Waals surface area contributed by atoms with Crippen LogP contribution in [-0.4, -0.2) is 81.1 Å². The highest BCUT2D eigenvalue weighted by Crippen LogP contribution is 2.41. The van der Waals surface area contributed by atoms with Gasteiger partial charge in [0.05, 0.1) is 11.2 Å². The number of benzene rings is 1. The summed E-state index contributed by atoms with van der Waals surface area (Å²) in [5, 5.41) is 33.9. The number of aliphatic hydroxyl groups is 2. The number of rotatable bonds is 5. The molecule has 1 amide bonds. The third-order valence-electron chi connectivity index (χ3n) is 5.90. The molecule has 174 valence electrons.